The Hall–Kier alpha value is -5.60. The Kier molecular flexibility index (Phi) is 4.93. The fourth-order valence-corrected chi connectivity index (χ4v) is 6.91. The molecule has 2 nitrogen and oxygen atoms in total. The van der Waals surface area contributed by atoms with Crippen LogP contribution in [0.15, 0.2) is 158 Å². The van der Waals surface area contributed by atoms with Crippen molar-refractivity contribution in [3.05, 3.63) is 158 Å². The number of nitrogens with zero attached hydrogens (tertiary/aromatic N) is 2. The van der Waals surface area contributed by atoms with Crippen LogP contribution in [0.2, 0.25) is 0 Å². The number of hydrogen-bond donors (Lipinski definition) is 0. The van der Waals surface area contributed by atoms with E-state index >= 15 is 0 Å². The van der Waals surface area contributed by atoms with E-state index in [1.165, 1.54) is 54.8 Å². The average molecular weight is 535 g/mol. The molecule has 0 atom stereocenters. The van der Waals surface area contributed by atoms with Gasteiger partial charge in [-0.1, -0.05) is 97.1 Å². The topological polar surface area (TPSA) is 8.17 Å². The maximum atomic E-state index is 2.37. The summed E-state index contributed by atoms with van der Waals surface area (Å²) in [7, 11) is 0. The summed E-state index contributed by atoms with van der Waals surface area (Å²) in [4.78, 5) is 2.37. The van der Waals surface area contributed by atoms with Crippen molar-refractivity contribution in [1.82, 2.24) is 4.57 Å². The first kappa shape index (κ1) is 23.1. The molecule has 9 rings (SSSR count). The van der Waals surface area contributed by atoms with Crippen LogP contribution >= 0.6 is 0 Å². The van der Waals surface area contributed by atoms with Gasteiger partial charge in [-0.05, 0) is 93.7 Å². The van der Waals surface area contributed by atoms with Gasteiger partial charge in [0.05, 0.1) is 11.0 Å². The van der Waals surface area contributed by atoms with Gasteiger partial charge in [0.2, 0.25) is 0 Å². The first-order chi connectivity index (χ1) is 20.8. The number of fused-ring (bicyclic) bond motifs is 6. The Morgan fingerprint density at radius 1 is 0.381 bits per heavy atom. The van der Waals surface area contributed by atoms with Crippen LogP contribution in [-0.4, -0.2) is 4.57 Å². The third kappa shape index (κ3) is 3.33. The van der Waals surface area contributed by atoms with E-state index in [1.807, 2.05) is 0 Å². The Morgan fingerprint density at radius 2 is 0.952 bits per heavy atom. The van der Waals surface area contributed by atoms with Crippen LogP contribution in [0.5, 0.6) is 0 Å². The minimum absolute atomic E-state index is 1.12. The maximum Gasteiger partial charge on any atom is 0.0541 e. The summed E-state index contributed by atoms with van der Waals surface area (Å²) >= 11 is 0. The SMILES string of the molecule is c1ccc(N(c2ccc(-n3c4ccccc4c4ccccc43)cc2)c2cc3c4c(cccc4c2)-c2ccccc2-3)cc1. The van der Waals surface area contributed by atoms with Gasteiger partial charge < -0.3 is 9.47 Å². The van der Waals surface area contributed by atoms with E-state index in [-0.39, 0.29) is 0 Å². The highest BCUT2D eigenvalue weighted by Gasteiger charge is 2.23. The first-order valence-electron chi connectivity index (χ1n) is 14.5. The van der Waals surface area contributed by atoms with Crippen LogP contribution in [-0.2, 0) is 0 Å². The molecule has 0 fully saturated rings. The zero-order chi connectivity index (χ0) is 27.6. The van der Waals surface area contributed by atoms with Gasteiger partial charge in [0.15, 0.2) is 0 Å². The molecule has 1 aliphatic rings. The van der Waals surface area contributed by atoms with Crippen LogP contribution in [0.3, 0.4) is 0 Å². The third-order valence-electron chi connectivity index (χ3n) is 8.69. The summed E-state index contributed by atoms with van der Waals surface area (Å²) in [6.45, 7) is 0. The molecule has 8 aromatic rings. The lowest BCUT2D eigenvalue weighted by Gasteiger charge is -2.26. The van der Waals surface area contributed by atoms with Crippen LogP contribution in [0.1, 0.15) is 0 Å². The highest BCUT2D eigenvalue weighted by molar-refractivity contribution is 6.16. The minimum atomic E-state index is 1.12. The molecule has 0 spiro atoms. The fraction of sp³-hybridized carbons (Fsp3) is 0. The lowest BCUT2D eigenvalue weighted by atomic mass is 10.0. The molecule has 0 bridgehead atoms. The van der Waals surface area contributed by atoms with Crippen molar-refractivity contribution < 1.29 is 0 Å². The molecule has 1 aliphatic carbocycles. The molecule has 1 heterocycles. The van der Waals surface area contributed by atoms with Gasteiger partial charge in [0, 0.05) is 33.5 Å². The summed E-state index contributed by atoms with van der Waals surface area (Å²) in [6.07, 6.45) is 0. The smallest absolute Gasteiger partial charge is 0.0541 e. The van der Waals surface area contributed by atoms with Crippen molar-refractivity contribution in [2.75, 3.05) is 4.90 Å². The molecule has 7 aromatic carbocycles. The Labute approximate surface area is 244 Å². The quantitative estimate of drug-likeness (QED) is 0.218. The molecule has 0 aliphatic heterocycles. The van der Waals surface area contributed by atoms with E-state index in [2.05, 4.69) is 167 Å². The molecule has 0 amide bonds. The van der Waals surface area contributed by atoms with Crippen molar-refractivity contribution in [3.8, 4) is 27.9 Å². The van der Waals surface area contributed by atoms with Gasteiger partial charge in [-0.15, -0.1) is 0 Å². The Bertz CT molecular complexity index is 2240. The summed E-state index contributed by atoms with van der Waals surface area (Å²) in [5.41, 5.74) is 12.3. The van der Waals surface area contributed by atoms with Crippen LogP contribution in [0.4, 0.5) is 17.1 Å². The number of benzene rings is 7. The maximum absolute atomic E-state index is 2.37. The van der Waals surface area contributed by atoms with Crippen molar-refractivity contribution in [2.45, 2.75) is 0 Å². The summed E-state index contributed by atoms with van der Waals surface area (Å²) in [5.74, 6) is 0. The van der Waals surface area contributed by atoms with E-state index in [1.54, 1.807) is 0 Å². The number of para-hydroxylation sites is 3. The van der Waals surface area contributed by atoms with Gasteiger partial charge >= 0.3 is 0 Å². The Morgan fingerprint density at radius 3 is 1.67 bits per heavy atom. The van der Waals surface area contributed by atoms with E-state index in [0.29, 0.717) is 0 Å². The highest BCUT2D eigenvalue weighted by Crippen LogP contribution is 2.50. The third-order valence-corrected chi connectivity index (χ3v) is 8.69. The summed E-state index contributed by atoms with van der Waals surface area (Å²) < 4.78 is 2.37. The van der Waals surface area contributed by atoms with Crippen LogP contribution in [0.25, 0.3) is 60.5 Å². The predicted octanol–water partition coefficient (Wildman–Crippen LogP) is 11.1. The fourth-order valence-electron chi connectivity index (χ4n) is 6.91. The van der Waals surface area contributed by atoms with E-state index in [9.17, 15) is 0 Å². The molecule has 196 valence electrons. The van der Waals surface area contributed by atoms with Crippen LogP contribution < -0.4 is 4.90 Å². The molecular formula is C40H26N2. The molecule has 1 aromatic heterocycles. The van der Waals surface area contributed by atoms with Crippen LogP contribution in [0, 0.1) is 0 Å². The van der Waals surface area contributed by atoms with Crippen molar-refractivity contribution in [2.24, 2.45) is 0 Å². The van der Waals surface area contributed by atoms with Crippen molar-refractivity contribution in [1.29, 1.82) is 0 Å². The number of hydrogen-bond acceptors (Lipinski definition) is 1. The van der Waals surface area contributed by atoms with Crippen molar-refractivity contribution >= 4 is 49.6 Å². The van der Waals surface area contributed by atoms with Gasteiger partial charge in [-0.2, -0.15) is 0 Å². The number of aromatic nitrogens is 1. The molecule has 0 saturated heterocycles. The van der Waals surface area contributed by atoms with Gasteiger partial charge in [-0.25, -0.2) is 0 Å². The highest BCUT2D eigenvalue weighted by atomic mass is 15.1. The molecular weight excluding hydrogens is 508 g/mol. The second kappa shape index (κ2) is 8.95. The zero-order valence-electron chi connectivity index (χ0n) is 22.9. The Balaban J connectivity index is 1.23. The van der Waals surface area contributed by atoms with Gasteiger partial charge in [0.1, 0.15) is 0 Å². The number of anilines is 3. The largest absolute Gasteiger partial charge is 0.310 e. The lowest BCUT2D eigenvalue weighted by molar-refractivity contribution is 1.17. The minimum Gasteiger partial charge on any atom is -0.310 e. The second-order valence-corrected chi connectivity index (χ2v) is 11.0. The summed E-state index contributed by atoms with van der Waals surface area (Å²) in [6, 6.07) is 57.2. The first-order valence-corrected chi connectivity index (χ1v) is 14.5. The zero-order valence-corrected chi connectivity index (χ0v) is 22.9. The predicted molar refractivity (Wildman–Crippen MR) is 177 cm³/mol. The molecule has 0 saturated carbocycles. The second-order valence-electron chi connectivity index (χ2n) is 11.0. The number of rotatable bonds is 4. The molecule has 0 N–H and O–H groups in total. The monoisotopic (exact) mass is 534 g/mol. The van der Waals surface area contributed by atoms with Crippen molar-refractivity contribution in [3.63, 3.8) is 0 Å². The lowest BCUT2D eigenvalue weighted by Crippen LogP contribution is -2.10. The van der Waals surface area contributed by atoms with E-state index in [0.717, 1.165) is 22.7 Å². The molecule has 0 radical (unpaired) electrons. The molecule has 2 heteroatoms. The summed E-state index contributed by atoms with van der Waals surface area (Å²) in [5, 5.41) is 5.16. The van der Waals surface area contributed by atoms with E-state index < -0.39 is 0 Å². The normalized spacial score (nSPS) is 11.8. The average Bonchev–Trinajstić information content (AvgIpc) is 3.56. The van der Waals surface area contributed by atoms with Gasteiger partial charge in [0.25, 0.3) is 0 Å². The standard InChI is InChI=1S/C40H26N2/c1-2-12-28(13-3-1)41(31-25-27-11-10-18-36-32-14-4-5-15-33(32)37(26-31)40(27)36)29-21-23-30(24-22-29)42-38-19-8-6-16-34(38)35-17-7-9-20-39(35)42/h1-26H. The molecule has 0 unspecified atom stereocenters. The molecule has 42 heavy (non-hydrogen) atoms. The van der Waals surface area contributed by atoms with Gasteiger partial charge in [-0.3, -0.25) is 0 Å². The van der Waals surface area contributed by atoms with E-state index in [4.69, 9.17) is 0 Å².